The smallest absolute Gasteiger partial charge is 0.240 e. The third-order valence-corrected chi connectivity index (χ3v) is 5.38. The second-order valence-electron chi connectivity index (χ2n) is 7.34. The number of aromatic amines is 1. The summed E-state index contributed by atoms with van der Waals surface area (Å²) < 4.78 is 3.90. The molecule has 3 heterocycles. The van der Waals surface area contributed by atoms with Crippen LogP contribution in [0.25, 0.3) is 11.6 Å². The highest BCUT2D eigenvalue weighted by molar-refractivity contribution is 5.43. The van der Waals surface area contributed by atoms with E-state index in [1.165, 1.54) is 11.1 Å². The summed E-state index contributed by atoms with van der Waals surface area (Å²) in [4.78, 5) is 8.27. The number of nitrogens with zero attached hydrogens (tertiary/aromatic N) is 8. The van der Waals surface area contributed by atoms with Crippen LogP contribution in [0, 0.1) is 11.3 Å². The van der Waals surface area contributed by atoms with Gasteiger partial charge >= 0.3 is 0 Å². The van der Waals surface area contributed by atoms with Crippen molar-refractivity contribution in [1.29, 1.82) is 5.26 Å². The van der Waals surface area contributed by atoms with Crippen molar-refractivity contribution in [2.75, 3.05) is 0 Å². The van der Waals surface area contributed by atoms with Crippen molar-refractivity contribution in [2.45, 2.75) is 25.9 Å². The number of benzene rings is 2. The lowest BCUT2D eigenvalue weighted by atomic mass is 10.1. The van der Waals surface area contributed by atoms with Gasteiger partial charge in [0.1, 0.15) is 6.07 Å². The Bertz CT molecular complexity index is 1300. The van der Waals surface area contributed by atoms with Crippen LogP contribution in [0.3, 0.4) is 0 Å². The molecule has 1 N–H and O–H groups in total. The molecule has 5 rings (SSSR count). The van der Waals surface area contributed by atoms with Gasteiger partial charge in [-0.3, -0.25) is 0 Å². The quantitative estimate of drug-likeness (QED) is 0.444. The van der Waals surface area contributed by atoms with E-state index in [1.807, 2.05) is 70.1 Å². The van der Waals surface area contributed by atoms with Crippen molar-refractivity contribution in [3.8, 4) is 17.7 Å². The fraction of sp³-hybridized carbons (Fsp3) is 0.167. The maximum atomic E-state index is 8.87. The van der Waals surface area contributed by atoms with Gasteiger partial charge in [0.15, 0.2) is 5.82 Å². The Morgan fingerprint density at radius 2 is 1.39 bits per heavy atom. The van der Waals surface area contributed by atoms with E-state index in [1.54, 1.807) is 12.4 Å². The van der Waals surface area contributed by atoms with Gasteiger partial charge in [0, 0.05) is 24.8 Å². The summed E-state index contributed by atoms with van der Waals surface area (Å²) in [6, 6.07) is 22.7. The van der Waals surface area contributed by atoms with E-state index >= 15 is 0 Å². The van der Waals surface area contributed by atoms with Crippen LogP contribution in [0.5, 0.6) is 0 Å². The molecule has 0 bridgehead atoms. The summed E-state index contributed by atoms with van der Waals surface area (Å²) >= 11 is 0. The molecule has 9 nitrogen and oxygen atoms in total. The van der Waals surface area contributed by atoms with Crippen LogP contribution < -0.4 is 0 Å². The Labute approximate surface area is 191 Å². The molecule has 0 saturated heterocycles. The predicted octanol–water partition coefficient (Wildman–Crippen LogP) is 4.04. The van der Waals surface area contributed by atoms with E-state index in [0.717, 1.165) is 0 Å². The molecule has 5 aromatic rings. The molecule has 0 aliphatic heterocycles. The largest absolute Gasteiger partial charge is 0.321 e. The van der Waals surface area contributed by atoms with Crippen LogP contribution in [-0.2, 0) is 0 Å². The van der Waals surface area contributed by atoms with Crippen LogP contribution in [0.4, 0.5) is 0 Å². The molecule has 2 unspecified atom stereocenters. The first-order valence-corrected chi connectivity index (χ1v) is 10.5. The van der Waals surface area contributed by atoms with Crippen molar-refractivity contribution >= 4 is 0 Å². The lowest BCUT2D eigenvalue weighted by Crippen LogP contribution is -2.08. The maximum Gasteiger partial charge on any atom is 0.240 e. The van der Waals surface area contributed by atoms with Gasteiger partial charge in [-0.1, -0.05) is 60.7 Å². The molecule has 2 aromatic carbocycles. The molecule has 0 radical (unpaired) electrons. The summed E-state index contributed by atoms with van der Waals surface area (Å²) in [6.45, 7) is 4.17. The summed E-state index contributed by atoms with van der Waals surface area (Å²) in [7, 11) is 0. The molecule has 164 valence electrons. The molecular formula is C24H23N9. The van der Waals surface area contributed by atoms with Crippen LogP contribution in [0.15, 0.2) is 85.5 Å². The highest BCUT2D eigenvalue weighted by Gasteiger charge is 2.16. The third-order valence-electron chi connectivity index (χ3n) is 5.38. The molecule has 0 amide bonds. The van der Waals surface area contributed by atoms with Crippen molar-refractivity contribution in [2.24, 2.45) is 0 Å². The molecule has 0 fully saturated rings. The van der Waals surface area contributed by atoms with Gasteiger partial charge in [-0.15, -0.1) is 10.2 Å². The zero-order chi connectivity index (χ0) is 23.0. The van der Waals surface area contributed by atoms with E-state index in [4.69, 9.17) is 5.26 Å². The van der Waals surface area contributed by atoms with E-state index in [0.29, 0.717) is 17.5 Å². The second kappa shape index (κ2) is 10.2. The fourth-order valence-electron chi connectivity index (χ4n) is 3.55. The molecule has 0 saturated carbocycles. The standard InChI is InChI=1S/C12H12N6.C12H11N3/c1-9(10-5-3-2-4-6-10)18-8-7-13-12(18)11-14-16-17-15-11;1-10(11-5-3-2-4-6-11)15-8-7-14-12(15)9-13/h2-9H,1H3,(H,14,15,16,17);2-8,10H,1H3. The predicted molar refractivity (Wildman–Crippen MR) is 123 cm³/mol. The van der Waals surface area contributed by atoms with Gasteiger partial charge < -0.3 is 9.13 Å². The first-order chi connectivity index (χ1) is 16.2. The van der Waals surface area contributed by atoms with Crippen LogP contribution >= 0.6 is 0 Å². The monoisotopic (exact) mass is 437 g/mol. The van der Waals surface area contributed by atoms with Gasteiger partial charge in [-0.05, 0) is 30.2 Å². The number of rotatable bonds is 5. The Balaban J connectivity index is 0.000000160. The third kappa shape index (κ3) is 4.85. The molecular weight excluding hydrogens is 414 g/mol. The number of imidazole rings is 2. The normalized spacial score (nSPS) is 12.3. The van der Waals surface area contributed by atoms with E-state index in [-0.39, 0.29) is 12.1 Å². The zero-order valence-corrected chi connectivity index (χ0v) is 18.3. The van der Waals surface area contributed by atoms with Gasteiger partial charge in [0.05, 0.1) is 12.1 Å². The lowest BCUT2D eigenvalue weighted by Gasteiger charge is -2.15. The molecule has 0 spiro atoms. The second-order valence-corrected chi connectivity index (χ2v) is 7.34. The van der Waals surface area contributed by atoms with E-state index in [9.17, 15) is 0 Å². The number of tetrazole rings is 1. The number of H-pyrrole nitrogens is 1. The number of nitriles is 1. The summed E-state index contributed by atoms with van der Waals surface area (Å²) in [5.41, 5.74) is 2.38. The SMILES string of the molecule is CC(c1ccccc1)n1ccnc1-c1nn[nH]n1.CC(c1ccccc1)n1ccnc1C#N. The zero-order valence-electron chi connectivity index (χ0n) is 18.3. The first-order valence-electron chi connectivity index (χ1n) is 10.5. The minimum Gasteiger partial charge on any atom is -0.321 e. The van der Waals surface area contributed by atoms with Crippen LogP contribution in [0.1, 0.15) is 42.9 Å². The number of nitrogens with one attached hydrogen (secondary N) is 1. The Morgan fingerprint density at radius 1 is 0.818 bits per heavy atom. The molecule has 3 aromatic heterocycles. The molecule has 0 aliphatic carbocycles. The average molecular weight is 438 g/mol. The topological polar surface area (TPSA) is 114 Å². The summed E-state index contributed by atoms with van der Waals surface area (Å²) in [5.74, 6) is 1.66. The first kappa shape index (κ1) is 21.6. The Kier molecular flexibility index (Phi) is 6.66. The number of hydrogen-bond donors (Lipinski definition) is 1. The van der Waals surface area contributed by atoms with Crippen molar-refractivity contribution < 1.29 is 0 Å². The lowest BCUT2D eigenvalue weighted by molar-refractivity contribution is 0.630. The van der Waals surface area contributed by atoms with Crippen molar-refractivity contribution in [3.63, 3.8) is 0 Å². The summed E-state index contributed by atoms with van der Waals surface area (Å²) in [6.07, 6.45) is 7.14. The Morgan fingerprint density at radius 3 is 1.97 bits per heavy atom. The summed E-state index contributed by atoms with van der Waals surface area (Å²) in [5, 5.41) is 22.8. The van der Waals surface area contributed by atoms with Gasteiger partial charge in [-0.2, -0.15) is 10.5 Å². The van der Waals surface area contributed by atoms with E-state index < -0.39 is 0 Å². The van der Waals surface area contributed by atoms with E-state index in [2.05, 4.69) is 62.6 Å². The number of aromatic nitrogens is 8. The fourth-order valence-corrected chi connectivity index (χ4v) is 3.55. The molecule has 33 heavy (non-hydrogen) atoms. The highest BCUT2D eigenvalue weighted by Crippen LogP contribution is 2.22. The van der Waals surface area contributed by atoms with Crippen LogP contribution in [-0.4, -0.2) is 39.7 Å². The minimum atomic E-state index is 0.142. The van der Waals surface area contributed by atoms with Crippen molar-refractivity contribution in [1.82, 2.24) is 39.7 Å². The van der Waals surface area contributed by atoms with Gasteiger partial charge in [-0.25, -0.2) is 9.97 Å². The average Bonchev–Trinajstić information content (AvgIpc) is 3.65. The van der Waals surface area contributed by atoms with Crippen molar-refractivity contribution in [3.05, 3.63) is 102 Å². The molecule has 2 atom stereocenters. The molecule has 0 aliphatic rings. The van der Waals surface area contributed by atoms with Gasteiger partial charge in [0.2, 0.25) is 11.6 Å². The maximum absolute atomic E-state index is 8.87. The Hall–Kier alpha value is -4.58. The molecule has 9 heteroatoms. The minimum absolute atomic E-state index is 0.142. The van der Waals surface area contributed by atoms with Crippen LogP contribution in [0.2, 0.25) is 0 Å². The number of hydrogen-bond acceptors (Lipinski definition) is 6. The highest BCUT2D eigenvalue weighted by atomic mass is 15.5. The van der Waals surface area contributed by atoms with Gasteiger partial charge in [0.25, 0.3) is 0 Å².